The maximum absolute atomic E-state index is 13.4. The molecule has 0 aliphatic carbocycles. The molecule has 0 aliphatic rings. The van der Waals surface area contributed by atoms with E-state index in [9.17, 15) is 13.6 Å². The molecule has 17 heavy (non-hydrogen) atoms. The number of nitrogens with one attached hydrogen (secondary N) is 1. The monoisotopic (exact) mass is 245 g/mol. The Labute approximate surface area is 97.5 Å². The van der Waals surface area contributed by atoms with Crippen LogP contribution in [0.4, 0.5) is 14.5 Å². The molecular formula is C11H13F2NO3. The predicted octanol–water partition coefficient (Wildman–Crippen LogP) is 1.95. The van der Waals surface area contributed by atoms with E-state index < -0.39 is 17.6 Å². The number of esters is 1. The maximum atomic E-state index is 13.4. The fraction of sp³-hybridized carbons (Fsp3) is 0.364. The molecule has 0 aliphatic heterocycles. The molecular weight excluding hydrogens is 232 g/mol. The first-order valence-electron chi connectivity index (χ1n) is 4.92. The standard InChI is InChI=1S/C11H13F2NO3/c1-16-10-6-7(12)9(5-8(10)13)14-4-3-11(15)17-2/h5-6,14H,3-4H2,1-2H3. The van der Waals surface area contributed by atoms with Crippen LogP contribution in [0.2, 0.25) is 0 Å². The smallest absolute Gasteiger partial charge is 0.307 e. The maximum Gasteiger partial charge on any atom is 0.307 e. The van der Waals surface area contributed by atoms with Crippen LogP contribution < -0.4 is 10.1 Å². The number of halogens is 2. The quantitative estimate of drug-likeness (QED) is 0.805. The van der Waals surface area contributed by atoms with Gasteiger partial charge in [-0.2, -0.15) is 0 Å². The number of benzene rings is 1. The van der Waals surface area contributed by atoms with Crippen LogP contribution in [0.5, 0.6) is 5.75 Å². The molecule has 4 nitrogen and oxygen atoms in total. The minimum Gasteiger partial charge on any atom is -0.494 e. The molecule has 1 aromatic carbocycles. The first-order chi connectivity index (χ1) is 8.08. The average Bonchev–Trinajstić information content (AvgIpc) is 2.32. The minimum absolute atomic E-state index is 0.0211. The van der Waals surface area contributed by atoms with Gasteiger partial charge in [-0.1, -0.05) is 0 Å². The summed E-state index contributed by atoms with van der Waals surface area (Å²) in [4.78, 5) is 10.8. The lowest BCUT2D eigenvalue weighted by molar-refractivity contribution is -0.140. The molecule has 0 fully saturated rings. The van der Waals surface area contributed by atoms with Gasteiger partial charge in [0.05, 0.1) is 26.3 Å². The van der Waals surface area contributed by atoms with Gasteiger partial charge in [-0.05, 0) is 0 Å². The second kappa shape index (κ2) is 6.03. The van der Waals surface area contributed by atoms with Crippen LogP contribution in [0, 0.1) is 11.6 Å². The number of carbonyl (C=O) groups is 1. The fourth-order valence-electron chi connectivity index (χ4n) is 1.22. The van der Waals surface area contributed by atoms with Gasteiger partial charge in [0.2, 0.25) is 0 Å². The SMILES string of the molecule is COC(=O)CCNc1cc(F)c(OC)cc1F. The third kappa shape index (κ3) is 3.58. The Kier molecular flexibility index (Phi) is 4.68. The van der Waals surface area contributed by atoms with Crippen molar-refractivity contribution in [3.8, 4) is 5.75 Å². The van der Waals surface area contributed by atoms with Gasteiger partial charge in [0, 0.05) is 18.7 Å². The van der Waals surface area contributed by atoms with Crippen molar-refractivity contribution in [1.29, 1.82) is 0 Å². The number of carbonyl (C=O) groups excluding carboxylic acids is 1. The van der Waals surface area contributed by atoms with Gasteiger partial charge < -0.3 is 14.8 Å². The summed E-state index contributed by atoms with van der Waals surface area (Å²) in [6.45, 7) is 0.162. The minimum atomic E-state index is -0.672. The highest BCUT2D eigenvalue weighted by atomic mass is 19.1. The molecule has 0 spiro atoms. The topological polar surface area (TPSA) is 47.6 Å². The van der Waals surface area contributed by atoms with Crippen LogP contribution in [0.15, 0.2) is 12.1 Å². The van der Waals surface area contributed by atoms with Crippen molar-refractivity contribution in [1.82, 2.24) is 0 Å². The molecule has 0 heterocycles. The van der Waals surface area contributed by atoms with Crippen LogP contribution in [-0.2, 0) is 9.53 Å². The molecule has 0 atom stereocenters. The molecule has 0 radical (unpaired) electrons. The van der Waals surface area contributed by atoms with Gasteiger partial charge in [-0.15, -0.1) is 0 Å². The molecule has 0 amide bonds. The van der Waals surface area contributed by atoms with E-state index in [-0.39, 0.29) is 24.4 Å². The summed E-state index contributed by atoms with van der Waals surface area (Å²) in [5.74, 6) is -1.91. The third-order valence-corrected chi connectivity index (χ3v) is 2.11. The van der Waals surface area contributed by atoms with Crippen LogP contribution in [0.1, 0.15) is 6.42 Å². The lowest BCUT2D eigenvalue weighted by Gasteiger charge is -2.09. The Morgan fingerprint density at radius 2 is 2.00 bits per heavy atom. The van der Waals surface area contributed by atoms with Gasteiger partial charge in [0.1, 0.15) is 5.82 Å². The van der Waals surface area contributed by atoms with E-state index in [0.717, 1.165) is 12.1 Å². The molecule has 6 heteroatoms. The first-order valence-corrected chi connectivity index (χ1v) is 4.92. The van der Waals surface area contributed by atoms with Crippen molar-refractivity contribution in [2.75, 3.05) is 26.1 Å². The zero-order valence-corrected chi connectivity index (χ0v) is 9.55. The van der Waals surface area contributed by atoms with Crippen molar-refractivity contribution >= 4 is 11.7 Å². The number of ether oxygens (including phenoxy) is 2. The Morgan fingerprint density at radius 1 is 1.29 bits per heavy atom. The van der Waals surface area contributed by atoms with E-state index in [4.69, 9.17) is 0 Å². The van der Waals surface area contributed by atoms with Gasteiger partial charge in [0.15, 0.2) is 11.6 Å². The predicted molar refractivity (Wildman–Crippen MR) is 58.0 cm³/mol. The van der Waals surface area contributed by atoms with E-state index in [1.165, 1.54) is 14.2 Å². The highest BCUT2D eigenvalue weighted by molar-refractivity contribution is 5.69. The Morgan fingerprint density at radius 3 is 2.59 bits per heavy atom. The van der Waals surface area contributed by atoms with E-state index in [2.05, 4.69) is 14.8 Å². The number of hydrogen-bond donors (Lipinski definition) is 1. The highest BCUT2D eigenvalue weighted by Gasteiger charge is 2.10. The largest absolute Gasteiger partial charge is 0.494 e. The Balaban J connectivity index is 2.65. The second-order valence-electron chi connectivity index (χ2n) is 3.22. The van der Waals surface area contributed by atoms with Crippen LogP contribution in [-0.4, -0.2) is 26.7 Å². The molecule has 0 aromatic heterocycles. The van der Waals surface area contributed by atoms with Crippen molar-refractivity contribution in [2.45, 2.75) is 6.42 Å². The summed E-state index contributed by atoms with van der Waals surface area (Å²) < 4.78 is 35.7. The molecule has 0 saturated carbocycles. The van der Waals surface area contributed by atoms with Gasteiger partial charge >= 0.3 is 5.97 Å². The zero-order chi connectivity index (χ0) is 12.8. The summed E-state index contributed by atoms with van der Waals surface area (Å²) in [6.07, 6.45) is 0.0730. The van der Waals surface area contributed by atoms with E-state index in [1.54, 1.807) is 0 Å². The van der Waals surface area contributed by atoms with E-state index >= 15 is 0 Å². The molecule has 0 saturated heterocycles. The first kappa shape index (κ1) is 13.2. The molecule has 94 valence electrons. The number of rotatable bonds is 5. The van der Waals surface area contributed by atoms with Crippen molar-refractivity contribution in [3.05, 3.63) is 23.8 Å². The zero-order valence-electron chi connectivity index (χ0n) is 9.55. The highest BCUT2D eigenvalue weighted by Crippen LogP contribution is 2.24. The van der Waals surface area contributed by atoms with E-state index in [0.29, 0.717) is 0 Å². The Hall–Kier alpha value is -1.85. The number of anilines is 1. The summed E-state index contributed by atoms with van der Waals surface area (Å²) in [5.41, 5.74) is -0.0211. The molecule has 0 unspecified atom stereocenters. The second-order valence-corrected chi connectivity index (χ2v) is 3.22. The lowest BCUT2D eigenvalue weighted by Crippen LogP contribution is -2.10. The summed E-state index contributed by atoms with van der Waals surface area (Å²) in [5, 5.41) is 2.60. The summed E-state index contributed by atoms with van der Waals surface area (Å²) >= 11 is 0. The Bertz CT molecular complexity index is 410. The van der Waals surface area contributed by atoms with Crippen molar-refractivity contribution in [2.24, 2.45) is 0 Å². The lowest BCUT2D eigenvalue weighted by atomic mass is 10.2. The fourth-order valence-corrected chi connectivity index (χ4v) is 1.22. The van der Waals surface area contributed by atoms with Gasteiger partial charge in [-0.3, -0.25) is 4.79 Å². The molecule has 1 rings (SSSR count). The third-order valence-electron chi connectivity index (χ3n) is 2.11. The van der Waals surface area contributed by atoms with Crippen LogP contribution >= 0.6 is 0 Å². The molecule has 1 aromatic rings. The van der Waals surface area contributed by atoms with Gasteiger partial charge in [-0.25, -0.2) is 8.78 Å². The number of methoxy groups -OCH3 is 2. The van der Waals surface area contributed by atoms with Crippen molar-refractivity contribution in [3.63, 3.8) is 0 Å². The molecule has 1 N–H and O–H groups in total. The van der Waals surface area contributed by atoms with Crippen molar-refractivity contribution < 1.29 is 23.0 Å². The number of hydrogen-bond acceptors (Lipinski definition) is 4. The summed E-state index contributed by atoms with van der Waals surface area (Å²) in [7, 11) is 2.51. The van der Waals surface area contributed by atoms with Gasteiger partial charge in [0.25, 0.3) is 0 Å². The van der Waals surface area contributed by atoms with E-state index in [1.807, 2.05) is 0 Å². The average molecular weight is 245 g/mol. The summed E-state index contributed by atoms with van der Waals surface area (Å²) in [6, 6.07) is 1.92. The van der Waals surface area contributed by atoms with Crippen LogP contribution in [0.25, 0.3) is 0 Å². The normalized spacial score (nSPS) is 9.88. The van der Waals surface area contributed by atoms with Crippen LogP contribution in [0.3, 0.4) is 0 Å². The molecule has 0 bridgehead atoms.